The fourth-order valence-corrected chi connectivity index (χ4v) is 2.93. The number of hydrogen-bond donors (Lipinski definition) is 2. The Morgan fingerprint density at radius 1 is 1.50 bits per heavy atom. The second kappa shape index (κ2) is 5.29. The Bertz CT molecular complexity index is 436. The van der Waals surface area contributed by atoms with Gasteiger partial charge in [0.25, 0.3) is 0 Å². The summed E-state index contributed by atoms with van der Waals surface area (Å²) in [6.07, 6.45) is 1.14. The van der Waals surface area contributed by atoms with Gasteiger partial charge in [-0.25, -0.2) is 0 Å². The van der Waals surface area contributed by atoms with Crippen LogP contribution < -0.4 is 5.73 Å². The van der Waals surface area contributed by atoms with Crippen molar-refractivity contribution in [3.63, 3.8) is 0 Å². The first-order valence-electron chi connectivity index (χ1n) is 6.33. The molecule has 100 valence electrons. The number of aliphatic hydroxyl groups excluding tert-OH is 1. The van der Waals surface area contributed by atoms with E-state index in [1.807, 2.05) is 13.0 Å². The molecule has 1 aliphatic rings. The maximum Gasteiger partial charge on any atom is 0.106 e. The average molecular weight is 314 g/mol. The van der Waals surface area contributed by atoms with Gasteiger partial charge in [0.1, 0.15) is 5.60 Å². The zero-order chi connectivity index (χ0) is 13.3. The van der Waals surface area contributed by atoms with Gasteiger partial charge in [-0.05, 0) is 49.9 Å². The molecule has 0 bridgehead atoms. The third kappa shape index (κ3) is 2.48. The summed E-state index contributed by atoms with van der Waals surface area (Å²) in [5.41, 5.74) is 7.97. The summed E-state index contributed by atoms with van der Waals surface area (Å²) >= 11 is 3.49. The summed E-state index contributed by atoms with van der Waals surface area (Å²) in [5, 5.41) is 9.61. The van der Waals surface area contributed by atoms with Crippen LogP contribution in [0.1, 0.15) is 31.4 Å². The van der Waals surface area contributed by atoms with Gasteiger partial charge in [-0.3, -0.25) is 0 Å². The number of nitrogens with two attached hydrogens (primary N) is 1. The van der Waals surface area contributed by atoms with Crippen molar-refractivity contribution in [1.82, 2.24) is 0 Å². The molecule has 4 heteroatoms. The van der Waals surface area contributed by atoms with Gasteiger partial charge in [0.15, 0.2) is 0 Å². The summed E-state index contributed by atoms with van der Waals surface area (Å²) in [6, 6.07) is 6.22. The molecule has 0 amide bonds. The highest BCUT2D eigenvalue weighted by Crippen LogP contribution is 2.41. The van der Waals surface area contributed by atoms with Crippen LogP contribution in [0.3, 0.4) is 0 Å². The van der Waals surface area contributed by atoms with Crippen LogP contribution in [0.5, 0.6) is 0 Å². The van der Waals surface area contributed by atoms with Gasteiger partial charge >= 0.3 is 0 Å². The van der Waals surface area contributed by atoms with Gasteiger partial charge in [0.05, 0.1) is 12.2 Å². The molecule has 0 fully saturated rings. The molecule has 1 aliphatic carbocycles. The second-order valence-electron chi connectivity index (χ2n) is 5.06. The first kappa shape index (κ1) is 14.0. The highest BCUT2D eigenvalue weighted by molar-refractivity contribution is 9.10. The van der Waals surface area contributed by atoms with Crippen LogP contribution in [-0.4, -0.2) is 23.9 Å². The molecule has 1 aromatic rings. The zero-order valence-electron chi connectivity index (χ0n) is 10.8. The standard InChI is InChI=1S/C14H20BrNO2/c1-9(17)10(2)18-14(8-16)6-5-11-7-12(15)3-4-13(11)14/h3-4,7,9-10,17H,5-6,8,16H2,1-2H3. The van der Waals surface area contributed by atoms with Crippen molar-refractivity contribution >= 4 is 15.9 Å². The minimum absolute atomic E-state index is 0.219. The minimum atomic E-state index is -0.493. The fraction of sp³-hybridized carbons (Fsp3) is 0.571. The predicted octanol–water partition coefficient (Wildman–Crippen LogP) is 2.34. The van der Waals surface area contributed by atoms with E-state index in [0.29, 0.717) is 6.54 Å². The number of ether oxygens (including phenoxy) is 1. The van der Waals surface area contributed by atoms with E-state index in [9.17, 15) is 5.11 Å². The molecule has 3 unspecified atom stereocenters. The van der Waals surface area contributed by atoms with Crippen molar-refractivity contribution in [3.8, 4) is 0 Å². The number of benzene rings is 1. The molecule has 18 heavy (non-hydrogen) atoms. The van der Waals surface area contributed by atoms with E-state index in [1.54, 1.807) is 6.92 Å². The van der Waals surface area contributed by atoms with Gasteiger partial charge in [-0.1, -0.05) is 22.0 Å². The monoisotopic (exact) mass is 313 g/mol. The van der Waals surface area contributed by atoms with E-state index in [0.717, 1.165) is 17.3 Å². The minimum Gasteiger partial charge on any atom is -0.391 e. The predicted molar refractivity (Wildman–Crippen MR) is 75.4 cm³/mol. The fourth-order valence-electron chi connectivity index (χ4n) is 2.52. The smallest absolute Gasteiger partial charge is 0.106 e. The van der Waals surface area contributed by atoms with Gasteiger partial charge in [0.2, 0.25) is 0 Å². The third-order valence-corrected chi connectivity index (χ3v) is 4.27. The summed E-state index contributed by atoms with van der Waals surface area (Å²) in [6.45, 7) is 4.07. The molecular weight excluding hydrogens is 294 g/mol. The summed E-state index contributed by atoms with van der Waals surface area (Å²) in [7, 11) is 0. The van der Waals surface area contributed by atoms with Crippen molar-refractivity contribution in [3.05, 3.63) is 33.8 Å². The summed E-state index contributed by atoms with van der Waals surface area (Å²) in [4.78, 5) is 0. The molecule has 0 saturated carbocycles. The van der Waals surface area contributed by atoms with Crippen molar-refractivity contribution < 1.29 is 9.84 Å². The van der Waals surface area contributed by atoms with Crippen LogP contribution in [0.2, 0.25) is 0 Å². The van der Waals surface area contributed by atoms with Crippen LogP contribution in [-0.2, 0) is 16.8 Å². The molecule has 2 rings (SSSR count). The first-order chi connectivity index (χ1) is 8.48. The molecule has 1 aromatic carbocycles. The van der Waals surface area contributed by atoms with Gasteiger partial charge in [-0.15, -0.1) is 0 Å². The summed E-state index contributed by atoms with van der Waals surface area (Å²) < 4.78 is 7.17. The maximum atomic E-state index is 9.61. The summed E-state index contributed by atoms with van der Waals surface area (Å²) in [5.74, 6) is 0. The van der Waals surface area contributed by atoms with E-state index in [4.69, 9.17) is 10.5 Å². The number of aliphatic hydroxyl groups is 1. The van der Waals surface area contributed by atoms with E-state index in [1.165, 1.54) is 11.1 Å². The van der Waals surface area contributed by atoms with Crippen LogP contribution >= 0.6 is 15.9 Å². The van der Waals surface area contributed by atoms with Crippen LogP contribution in [0.4, 0.5) is 0 Å². The lowest BCUT2D eigenvalue weighted by Gasteiger charge is -2.33. The van der Waals surface area contributed by atoms with Crippen molar-refractivity contribution in [1.29, 1.82) is 0 Å². The number of rotatable bonds is 4. The van der Waals surface area contributed by atoms with E-state index >= 15 is 0 Å². The number of aryl methyl sites for hydroxylation is 1. The Kier molecular flexibility index (Phi) is 4.11. The molecule has 0 aromatic heterocycles. The first-order valence-corrected chi connectivity index (χ1v) is 7.12. The van der Waals surface area contributed by atoms with Gasteiger partial charge in [-0.2, -0.15) is 0 Å². The Hall–Kier alpha value is -0.420. The second-order valence-corrected chi connectivity index (χ2v) is 5.98. The van der Waals surface area contributed by atoms with Crippen LogP contribution in [0.15, 0.2) is 22.7 Å². The highest BCUT2D eigenvalue weighted by atomic mass is 79.9. The van der Waals surface area contributed by atoms with Crippen LogP contribution in [0, 0.1) is 0 Å². The normalized spacial score (nSPS) is 25.8. The lowest BCUT2D eigenvalue weighted by Crippen LogP contribution is -2.41. The molecular formula is C14H20BrNO2. The molecule has 3 nitrogen and oxygen atoms in total. The van der Waals surface area contributed by atoms with Gasteiger partial charge in [0, 0.05) is 11.0 Å². The number of halogens is 1. The average Bonchev–Trinajstić information content (AvgIpc) is 2.68. The van der Waals surface area contributed by atoms with Crippen molar-refractivity contribution in [2.75, 3.05) is 6.54 Å². The maximum absolute atomic E-state index is 9.61. The molecule has 0 heterocycles. The van der Waals surface area contributed by atoms with E-state index in [-0.39, 0.29) is 6.10 Å². The molecule has 0 spiro atoms. The molecule has 0 saturated heterocycles. The Morgan fingerprint density at radius 2 is 2.22 bits per heavy atom. The van der Waals surface area contributed by atoms with Crippen molar-refractivity contribution in [2.24, 2.45) is 5.73 Å². The topological polar surface area (TPSA) is 55.5 Å². The number of hydrogen-bond acceptors (Lipinski definition) is 3. The quantitative estimate of drug-likeness (QED) is 0.897. The number of fused-ring (bicyclic) bond motifs is 1. The third-order valence-electron chi connectivity index (χ3n) is 3.78. The Morgan fingerprint density at radius 3 is 2.83 bits per heavy atom. The molecule has 3 N–H and O–H groups in total. The molecule has 0 radical (unpaired) electrons. The van der Waals surface area contributed by atoms with E-state index < -0.39 is 11.7 Å². The Balaban J connectivity index is 2.31. The SMILES string of the molecule is CC(O)C(C)OC1(CN)CCc2cc(Br)ccc21. The molecule has 0 aliphatic heterocycles. The van der Waals surface area contributed by atoms with E-state index in [2.05, 4.69) is 28.1 Å². The zero-order valence-corrected chi connectivity index (χ0v) is 12.4. The van der Waals surface area contributed by atoms with Crippen molar-refractivity contribution in [2.45, 2.75) is 44.5 Å². The highest BCUT2D eigenvalue weighted by Gasteiger charge is 2.40. The Labute approximate surface area is 116 Å². The largest absolute Gasteiger partial charge is 0.391 e. The lowest BCUT2D eigenvalue weighted by molar-refractivity contribution is -0.123. The van der Waals surface area contributed by atoms with Crippen LogP contribution in [0.25, 0.3) is 0 Å². The molecule has 3 atom stereocenters. The lowest BCUT2D eigenvalue weighted by atomic mass is 9.95. The van der Waals surface area contributed by atoms with Gasteiger partial charge < -0.3 is 15.6 Å².